The number of guanidine groups is 1. The topological polar surface area (TPSA) is 45.7 Å². The van der Waals surface area contributed by atoms with Gasteiger partial charge in [0.1, 0.15) is 5.75 Å². The first-order chi connectivity index (χ1) is 11.1. The number of aliphatic imine (C=N–C) groups is 1. The van der Waals surface area contributed by atoms with E-state index in [1.54, 1.807) is 30.9 Å². The van der Waals surface area contributed by atoms with Gasteiger partial charge in [-0.2, -0.15) is 24.9 Å². The van der Waals surface area contributed by atoms with Crippen LogP contribution in [-0.2, 0) is 6.54 Å². The van der Waals surface area contributed by atoms with Crippen LogP contribution >= 0.6 is 11.8 Å². The third-order valence-electron chi connectivity index (χ3n) is 3.24. The average molecular weight is 363 g/mol. The van der Waals surface area contributed by atoms with E-state index in [1.165, 1.54) is 12.1 Å². The summed E-state index contributed by atoms with van der Waals surface area (Å²) in [7, 11) is 1.69. The molecule has 1 aromatic carbocycles. The number of ether oxygens (including phenoxy) is 1. The lowest BCUT2D eigenvalue weighted by Crippen LogP contribution is -2.42. The van der Waals surface area contributed by atoms with E-state index in [0.29, 0.717) is 12.5 Å². The highest BCUT2D eigenvalue weighted by atomic mass is 32.2. The van der Waals surface area contributed by atoms with Gasteiger partial charge in [0.05, 0.1) is 0 Å². The first-order valence-electron chi connectivity index (χ1n) is 7.43. The zero-order valence-corrected chi connectivity index (χ0v) is 15.1. The zero-order chi connectivity index (χ0) is 18.2. The molecule has 0 bridgehead atoms. The van der Waals surface area contributed by atoms with Crippen LogP contribution in [-0.4, -0.2) is 43.3 Å². The molecule has 8 heteroatoms. The molecule has 0 amide bonds. The molecule has 0 atom stereocenters. The second kappa shape index (κ2) is 9.05. The molecule has 0 radical (unpaired) electrons. The Kier molecular flexibility index (Phi) is 7.72. The van der Waals surface area contributed by atoms with Crippen LogP contribution in [0.3, 0.4) is 0 Å². The fourth-order valence-electron chi connectivity index (χ4n) is 1.64. The number of hydrogen-bond acceptors (Lipinski definition) is 3. The summed E-state index contributed by atoms with van der Waals surface area (Å²) in [6, 6.07) is 6.49. The van der Waals surface area contributed by atoms with Crippen molar-refractivity contribution in [1.82, 2.24) is 10.6 Å². The van der Waals surface area contributed by atoms with E-state index in [-0.39, 0.29) is 10.5 Å². The number of hydrogen-bond donors (Lipinski definition) is 2. The van der Waals surface area contributed by atoms with Crippen molar-refractivity contribution in [2.45, 2.75) is 31.3 Å². The van der Waals surface area contributed by atoms with Crippen LogP contribution in [0.15, 0.2) is 29.3 Å². The Morgan fingerprint density at radius 2 is 1.79 bits per heavy atom. The highest BCUT2D eigenvalue weighted by Gasteiger charge is 2.28. The third kappa shape index (κ3) is 8.33. The maximum Gasteiger partial charge on any atom is 0.422 e. The minimum absolute atomic E-state index is 0.0924. The van der Waals surface area contributed by atoms with Gasteiger partial charge in [-0.1, -0.05) is 12.1 Å². The summed E-state index contributed by atoms with van der Waals surface area (Å²) in [4.78, 5) is 4.15. The number of nitrogens with one attached hydrogen (secondary N) is 2. The Morgan fingerprint density at radius 3 is 2.29 bits per heavy atom. The van der Waals surface area contributed by atoms with Crippen LogP contribution in [0.4, 0.5) is 13.2 Å². The maximum absolute atomic E-state index is 12.1. The number of halogens is 3. The molecule has 0 aliphatic carbocycles. The first kappa shape index (κ1) is 20.5. The molecule has 24 heavy (non-hydrogen) atoms. The van der Waals surface area contributed by atoms with E-state index in [2.05, 4.69) is 40.5 Å². The van der Waals surface area contributed by atoms with Crippen molar-refractivity contribution in [3.05, 3.63) is 29.8 Å². The van der Waals surface area contributed by atoms with E-state index in [1.807, 2.05) is 0 Å². The van der Waals surface area contributed by atoms with Crippen LogP contribution in [0.1, 0.15) is 19.4 Å². The average Bonchev–Trinajstić information content (AvgIpc) is 2.53. The van der Waals surface area contributed by atoms with E-state index in [9.17, 15) is 13.2 Å². The molecule has 1 rings (SSSR count). The number of thioether (sulfide) groups is 1. The SMILES string of the molecule is CN=C(NCc1ccc(OCC(F)(F)F)cc1)NCC(C)(C)SC. The van der Waals surface area contributed by atoms with Crippen LogP contribution in [0.2, 0.25) is 0 Å². The van der Waals surface area contributed by atoms with Crippen LogP contribution in [0.5, 0.6) is 5.75 Å². The predicted molar refractivity (Wildman–Crippen MR) is 93.8 cm³/mol. The molecule has 0 aliphatic heterocycles. The summed E-state index contributed by atoms with van der Waals surface area (Å²) < 4.78 is 41.1. The molecule has 0 aliphatic rings. The summed E-state index contributed by atoms with van der Waals surface area (Å²) in [6.45, 7) is 4.26. The van der Waals surface area contributed by atoms with E-state index >= 15 is 0 Å². The predicted octanol–water partition coefficient (Wildman–Crippen LogP) is 3.43. The van der Waals surface area contributed by atoms with E-state index in [0.717, 1.165) is 12.1 Å². The minimum atomic E-state index is -4.33. The molecule has 4 nitrogen and oxygen atoms in total. The molecule has 0 saturated carbocycles. The van der Waals surface area contributed by atoms with Gasteiger partial charge in [0.2, 0.25) is 0 Å². The number of rotatable bonds is 7. The van der Waals surface area contributed by atoms with Crippen molar-refractivity contribution in [2.75, 3.05) is 26.5 Å². The van der Waals surface area contributed by atoms with Crippen LogP contribution in [0, 0.1) is 0 Å². The molecule has 0 spiro atoms. The van der Waals surface area contributed by atoms with Gasteiger partial charge >= 0.3 is 6.18 Å². The maximum atomic E-state index is 12.1. The smallest absolute Gasteiger partial charge is 0.422 e. The zero-order valence-electron chi connectivity index (χ0n) is 14.3. The Hall–Kier alpha value is -1.57. The molecular weight excluding hydrogens is 339 g/mol. The summed E-state index contributed by atoms with van der Waals surface area (Å²) in [6.07, 6.45) is -2.27. The minimum Gasteiger partial charge on any atom is -0.484 e. The molecular formula is C16H24F3N3OS. The van der Waals surface area contributed by atoms with Gasteiger partial charge in [0.25, 0.3) is 0 Å². The van der Waals surface area contributed by atoms with Crippen molar-refractivity contribution >= 4 is 17.7 Å². The van der Waals surface area contributed by atoms with Gasteiger partial charge in [0, 0.05) is 24.9 Å². The Morgan fingerprint density at radius 1 is 1.17 bits per heavy atom. The monoisotopic (exact) mass is 363 g/mol. The van der Waals surface area contributed by atoms with Gasteiger partial charge in [-0.05, 0) is 37.8 Å². The first-order valence-corrected chi connectivity index (χ1v) is 8.66. The highest BCUT2D eigenvalue weighted by Crippen LogP contribution is 2.20. The molecule has 0 unspecified atom stereocenters. The lowest BCUT2D eigenvalue weighted by atomic mass is 10.2. The van der Waals surface area contributed by atoms with Crippen LogP contribution in [0.25, 0.3) is 0 Å². The second-order valence-corrected chi connectivity index (χ2v) is 7.30. The molecule has 136 valence electrons. The molecule has 0 heterocycles. The highest BCUT2D eigenvalue weighted by molar-refractivity contribution is 7.99. The largest absolute Gasteiger partial charge is 0.484 e. The normalized spacial score (nSPS) is 12.9. The Balaban J connectivity index is 2.46. The van der Waals surface area contributed by atoms with Gasteiger partial charge in [-0.25, -0.2) is 0 Å². The lowest BCUT2D eigenvalue weighted by molar-refractivity contribution is -0.153. The van der Waals surface area contributed by atoms with Crippen molar-refractivity contribution in [2.24, 2.45) is 4.99 Å². The van der Waals surface area contributed by atoms with Crippen molar-refractivity contribution in [3.63, 3.8) is 0 Å². The standard InChI is InChI=1S/C16H24F3N3OS/c1-15(2,24-4)10-22-14(20-3)21-9-12-5-7-13(8-6-12)23-11-16(17,18)19/h5-8H,9-11H2,1-4H3,(H2,20,21,22). The second-order valence-electron chi connectivity index (χ2n) is 5.79. The fraction of sp³-hybridized carbons (Fsp3) is 0.562. The van der Waals surface area contributed by atoms with E-state index in [4.69, 9.17) is 0 Å². The molecule has 1 aromatic rings. The third-order valence-corrected chi connectivity index (χ3v) is 4.49. The summed E-state index contributed by atoms with van der Waals surface area (Å²) in [5.74, 6) is 0.870. The fourth-order valence-corrected chi connectivity index (χ4v) is 1.86. The molecule has 0 fully saturated rings. The van der Waals surface area contributed by atoms with Gasteiger partial charge < -0.3 is 15.4 Å². The number of nitrogens with zero attached hydrogens (tertiary/aromatic N) is 1. The summed E-state index contributed by atoms with van der Waals surface area (Å²) in [5.41, 5.74) is 0.918. The van der Waals surface area contributed by atoms with Crippen molar-refractivity contribution in [1.29, 1.82) is 0 Å². The van der Waals surface area contributed by atoms with Crippen molar-refractivity contribution < 1.29 is 17.9 Å². The summed E-state index contributed by atoms with van der Waals surface area (Å²) in [5, 5.41) is 6.41. The molecule has 2 N–H and O–H groups in total. The molecule has 0 aromatic heterocycles. The van der Waals surface area contributed by atoms with Gasteiger partial charge in [-0.15, -0.1) is 0 Å². The van der Waals surface area contributed by atoms with Gasteiger partial charge in [0.15, 0.2) is 12.6 Å². The Bertz CT molecular complexity index is 530. The molecule has 0 saturated heterocycles. The lowest BCUT2D eigenvalue weighted by Gasteiger charge is -2.23. The quantitative estimate of drug-likeness (QED) is 0.575. The van der Waals surface area contributed by atoms with Crippen LogP contribution < -0.4 is 15.4 Å². The van der Waals surface area contributed by atoms with Crippen molar-refractivity contribution in [3.8, 4) is 5.75 Å². The number of alkyl halides is 3. The number of benzene rings is 1. The van der Waals surface area contributed by atoms with Gasteiger partial charge in [-0.3, -0.25) is 4.99 Å². The van der Waals surface area contributed by atoms with E-state index < -0.39 is 12.8 Å². The Labute approximate surface area is 145 Å². The summed E-state index contributed by atoms with van der Waals surface area (Å²) >= 11 is 1.76.